The highest BCUT2D eigenvalue weighted by atomic mass is 16.6. The Morgan fingerprint density at radius 2 is 1.80 bits per heavy atom. The third kappa shape index (κ3) is 3.51. The number of ether oxygens (including phenoxy) is 3. The van der Waals surface area contributed by atoms with E-state index in [0.717, 1.165) is 18.9 Å². The number of amides is 1. The first kappa shape index (κ1) is 15.7. The van der Waals surface area contributed by atoms with Crippen molar-refractivity contribution in [3.8, 4) is 11.5 Å². The molecule has 2 aliphatic heterocycles. The summed E-state index contributed by atoms with van der Waals surface area (Å²) in [5, 5.41) is 2.86. The van der Waals surface area contributed by atoms with Gasteiger partial charge in [-0.2, -0.15) is 0 Å². The molecule has 130 valence electrons. The Balaban J connectivity index is 1.44. The summed E-state index contributed by atoms with van der Waals surface area (Å²) in [4.78, 5) is 19.0. The van der Waals surface area contributed by atoms with Crippen molar-refractivity contribution in [2.24, 2.45) is 0 Å². The van der Waals surface area contributed by atoms with E-state index in [2.05, 4.69) is 15.2 Å². The Bertz CT molecular complexity index is 757. The number of rotatable bonds is 3. The number of hydrogen-bond donors (Lipinski definition) is 1. The van der Waals surface area contributed by atoms with E-state index in [0.29, 0.717) is 49.2 Å². The van der Waals surface area contributed by atoms with E-state index < -0.39 is 0 Å². The van der Waals surface area contributed by atoms with E-state index >= 15 is 0 Å². The van der Waals surface area contributed by atoms with Crippen LogP contribution in [0.25, 0.3) is 0 Å². The van der Waals surface area contributed by atoms with Gasteiger partial charge in [-0.25, -0.2) is 4.98 Å². The van der Waals surface area contributed by atoms with Crippen molar-refractivity contribution in [2.75, 3.05) is 49.7 Å². The van der Waals surface area contributed by atoms with Gasteiger partial charge in [0.1, 0.15) is 19.0 Å². The maximum Gasteiger partial charge on any atom is 0.257 e. The molecule has 0 bridgehead atoms. The molecule has 1 amide bonds. The number of nitrogens with zero attached hydrogens (tertiary/aromatic N) is 2. The van der Waals surface area contributed by atoms with E-state index in [-0.39, 0.29) is 5.91 Å². The van der Waals surface area contributed by atoms with Gasteiger partial charge in [-0.05, 0) is 24.3 Å². The Hall–Kier alpha value is -2.80. The van der Waals surface area contributed by atoms with E-state index in [9.17, 15) is 4.79 Å². The smallest absolute Gasteiger partial charge is 0.257 e. The minimum Gasteiger partial charge on any atom is -0.486 e. The molecule has 0 unspecified atom stereocenters. The van der Waals surface area contributed by atoms with Crippen LogP contribution in [0.5, 0.6) is 11.5 Å². The van der Waals surface area contributed by atoms with Gasteiger partial charge < -0.3 is 24.4 Å². The highest BCUT2D eigenvalue weighted by Crippen LogP contribution is 2.32. The van der Waals surface area contributed by atoms with Crippen LogP contribution in [0.1, 0.15) is 10.4 Å². The van der Waals surface area contributed by atoms with Crippen molar-refractivity contribution in [3.63, 3.8) is 0 Å². The molecule has 4 rings (SSSR count). The molecule has 2 aromatic rings. The Labute approximate surface area is 145 Å². The van der Waals surface area contributed by atoms with Crippen LogP contribution in [0.4, 0.5) is 11.5 Å². The summed E-state index contributed by atoms with van der Waals surface area (Å²) >= 11 is 0. The molecule has 1 aromatic carbocycles. The number of carbonyl (C=O) groups is 1. The molecule has 3 heterocycles. The molecular formula is C18H19N3O4. The van der Waals surface area contributed by atoms with E-state index in [1.54, 1.807) is 30.5 Å². The highest BCUT2D eigenvalue weighted by Gasteiger charge is 2.15. The number of aromatic nitrogens is 1. The van der Waals surface area contributed by atoms with Crippen molar-refractivity contribution in [1.82, 2.24) is 4.98 Å². The lowest BCUT2D eigenvalue weighted by Gasteiger charge is -2.27. The number of pyridine rings is 1. The van der Waals surface area contributed by atoms with E-state index in [1.165, 1.54) is 0 Å². The Morgan fingerprint density at radius 1 is 1.00 bits per heavy atom. The van der Waals surface area contributed by atoms with Gasteiger partial charge in [-0.1, -0.05) is 0 Å². The lowest BCUT2D eigenvalue weighted by atomic mass is 10.2. The van der Waals surface area contributed by atoms with Gasteiger partial charge >= 0.3 is 0 Å². The predicted molar refractivity (Wildman–Crippen MR) is 92.7 cm³/mol. The van der Waals surface area contributed by atoms with Crippen LogP contribution in [0.2, 0.25) is 0 Å². The summed E-state index contributed by atoms with van der Waals surface area (Å²) in [6.45, 7) is 4.09. The van der Waals surface area contributed by atoms with Crippen molar-refractivity contribution < 1.29 is 19.0 Å². The molecule has 0 atom stereocenters. The van der Waals surface area contributed by atoms with Crippen LogP contribution in [-0.4, -0.2) is 50.4 Å². The maximum absolute atomic E-state index is 12.4. The van der Waals surface area contributed by atoms with Gasteiger partial charge in [0, 0.05) is 31.0 Å². The summed E-state index contributed by atoms with van der Waals surface area (Å²) in [6, 6.07) is 9.00. The third-order valence-electron chi connectivity index (χ3n) is 4.15. The molecule has 1 fully saturated rings. The van der Waals surface area contributed by atoms with Gasteiger partial charge in [0.15, 0.2) is 11.5 Å². The quantitative estimate of drug-likeness (QED) is 0.920. The van der Waals surface area contributed by atoms with Crippen molar-refractivity contribution in [2.45, 2.75) is 0 Å². The standard InChI is InChI=1S/C18H19N3O4/c22-18(20-14-2-3-15-16(11-14)25-10-9-24-15)13-1-4-17(19-12-13)21-5-7-23-8-6-21/h1-4,11-12H,5-10H2,(H,20,22). The van der Waals surface area contributed by atoms with Crippen LogP contribution < -0.4 is 19.7 Å². The topological polar surface area (TPSA) is 72.9 Å². The number of nitrogens with one attached hydrogen (secondary N) is 1. The summed E-state index contributed by atoms with van der Waals surface area (Å²) in [7, 11) is 0. The van der Waals surface area contributed by atoms with Crippen LogP contribution in [-0.2, 0) is 4.74 Å². The van der Waals surface area contributed by atoms with Crippen LogP contribution >= 0.6 is 0 Å². The molecular weight excluding hydrogens is 322 g/mol. The van der Waals surface area contributed by atoms with Crippen LogP contribution in [0.15, 0.2) is 36.5 Å². The lowest BCUT2D eigenvalue weighted by molar-refractivity contribution is 0.102. The molecule has 0 saturated carbocycles. The molecule has 25 heavy (non-hydrogen) atoms. The first-order chi connectivity index (χ1) is 12.3. The van der Waals surface area contributed by atoms with Gasteiger partial charge in [-0.3, -0.25) is 4.79 Å². The van der Waals surface area contributed by atoms with Gasteiger partial charge in [-0.15, -0.1) is 0 Å². The number of benzene rings is 1. The average molecular weight is 341 g/mol. The number of anilines is 2. The monoisotopic (exact) mass is 341 g/mol. The maximum atomic E-state index is 12.4. The minimum atomic E-state index is -0.210. The lowest BCUT2D eigenvalue weighted by Crippen LogP contribution is -2.36. The zero-order valence-electron chi connectivity index (χ0n) is 13.7. The molecule has 1 saturated heterocycles. The highest BCUT2D eigenvalue weighted by molar-refractivity contribution is 6.04. The number of morpholine rings is 1. The van der Waals surface area contributed by atoms with Gasteiger partial charge in [0.25, 0.3) is 5.91 Å². The largest absolute Gasteiger partial charge is 0.486 e. The van der Waals surface area contributed by atoms with Crippen LogP contribution in [0, 0.1) is 0 Å². The summed E-state index contributed by atoms with van der Waals surface area (Å²) in [6.07, 6.45) is 1.60. The summed E-state index contributed by atoms with van der Waals surface area (Å²) in [5.74, 6) is 1.99. The van der Waals surface area contributed by atoms with Gasteiger partial charge in [0.2, 0.25) is 0 Å². The average Bonchev–Trinajstić information content (AvgIpc) is 2.69. The number of hydrogen-bond acceptors (Lipinski definition) is 6. The predicted octanol–water partition coefficient (Wildman–Crippen LogP) is 1.94. The Kier molecular flexibility index (Phi) is 4.39. The second-order valence-corrected chi connectivity index (χ2v) is 5.82. The molecule has 0 spiro atoms. The van der Waals surface area contributed by atoms with Crippen molar-refractivity contribution >= 4 is 17.4 Å². The molecule has 0 aliphatic carbocycles. The molecule has 7 nitrogen and oxygen atoms in total. The molecule has 7 heteroatoms. The fourth-order valence-electron chi connectivity index (χ4n) is 2.82. The summed E-state index contributed by atoms with van der Waals surface area (Å²) in [5.41, 5.74) is 1.17. The zero-order chi connectivity index (χ0) is 17.1. The number of fused-ring (bicyclic) bond motifs is 1. The second-order valence-electron chi connectivity index (χ2n) is 5.82. The molecule has 1 N–H and O–H groups in total. The Morgan fingerprint density at radius 3 is 2.56 bits per heavy atom. The minimum absolute atomic E-state index is 0.210. The van der Waals surface area contributed by atoms with Crippen molar-refractivity contribution in [1.29, 1.82) is 0 Å². The summed E-state index contributed by atoms with van der Waals surface area (Å²) < 4.78 is 16.3. The van der Waals surface area contributed by atoms with E-state index in [4.69, 9.17) is 14.2 Å². The molecule has 1 aromatic heterocycles. The zero-order valence-corrected chi connectivity index (χ0v) is 13.7. The number of carbonyl (C=O) groups excluding carboxylic acids is 1. The first-order valence-electron chi connectivity index (χ1n) is 8.29. The fourth-order valence-corrected chi connectivity index (χ4v) is 2.82. The molecule has 0 radical (unpaired) electrons. The molecule has 2 aliphatic rings. The van der Waals surface area contributed by atoms with Crippen LogP contribution in [0.3, 0.4) is 0 Å². The SMILES string of the molecule is O=C(Nc1ccc2c(c1)OCCO2)c1ccc(N2CCOCC2)nc1. The van der Waals surface area contributed by atoms with Crippen molar-refractivity contribution in [3.05, 3.63) is 42.1 Å². The van der Waals surface area contributed by atoms with E-state index in [1.807, 2.05) is 6.07 Å². The first-order valence-corrected chi connectivity index (χ1v) is 8.29. The third-order valence-corrected chi connectivity index (χ3v) is 4.15. The second kappa shape index (κ2) is 6.98. The normalized spacial score (nSPS) is 16.4. The van der Waals surface area contributed by atoms with Gasteiger partial charge in [0.05, 0.1) is 18.8 Å². The fraction of sp³-hybridized carbons (Fsp3) is 0.333.